The molecule has 0 spiro atoms. The van der Waals surface area contributed by atoms with Crippen molar-refractivity contribution in [2.45, 2.75) is 0 Å². The van der Waals surface area contributed by atoms with Crippen LogP contribution in [0.15, 0.2) is 70.4 Å². The first-order valence-electron chi connectivity index (χ1n) is 5.89. The van der Waals surface area contributed by atoms with Crippen LogP contribution in [-0.2, 0) is 4.79 Å². The van der Waals surface area contributed by atoms with Crippen LogP contribution in [0.1, 0.15) is 0 Å². The molecule has 1 N–H and O–H groups in total. The van der Waals surface area contributed by atoms with E-state index in [9.17, 15) is 9.59 Å². The van der Waals surface area contributed by atoms with E-state index in [2.05, 4.69) is 6.58 Å². The van der Waals surface area contributed by atoms with Gasteiger partial charge in [-0.1, -0.05) is 30.8 Å². The highest BCUT2D eigenvalue weighted by molar-refractivity contribution is 5.89. The lowest BCUT2D eigenvalue weighted by atomic mass is 10.1. The SMILES string of the molecule is C=CC(=O)O.O=c1c2ccccc2oc2ccccc12. The summed E-state index contributed by atoms with van der Waals surface area (Å²) in [7, 11) is 0. The Morgan fingerprint density at radius 2 is 1.40 bits per heavy atom. The molecule has 0 saturated carbocycles. The monoisotopic (exact) mass is 268 g/mol. The first-order chi connectivity index (χ1) is 9.63. The summed E-state index contributed by atoms with van der Waals surface area (Å²) in [6.45, 7) is 2.96. The molecule has 3 aromatic rings. The molecule has 0 radical (unpaired) electrons. The molecule has 4 heteroatoms. The highest BCUT2D eigenvalue weighted by Gasteiger charge is 2.04. The second-order valence-corrected chi connectivity index (χ2v) is 3.97. The van der Waals surface area contributed by atoms with Gasteiger partial charge in [-0.3, -0.25) is 4.79 Å². The molecule has 20 heavy (non-hydrogen) atoms. The Balaban J connectivity index is 0.000000257. The van der Waals surface area contributed by atoms with Crippen LogP contribution in [0.2, 0.25) is 0 Å². The van der Waals surface area contributed by atoms with Gasteiger partial charge in [-0.2, -0.15) is 0 Å². The summed E-state index contributed by atoms with van der Waals surface area (Å²) < 4.78 is 5.63. The van der Waals surface area contributed by atoms with E-state index in [-0.39, 0.29) is 5.43 Å². The molecule has 2 aromatic carbocycles. The van der Waals surface area contributed by atoms with Gasteiger partial charge in [-0.05, 0) is 24.3 Å². The Labute approximate surface area is 114 Å². The maximum atomic E-state index is 12.0. The fourth-order valence-corrected chi connectivity index (χ4v) is 1.75. The molecular weight excluding hydrogens is 256 g/mol. The minimum Gasteiger partial charge on any atom is -0.478 e. The Kier molecular flexibility index (Phi) is 3.96. The molecule has 0 aliphatic carbocycles. The lowest BCUT2D eigenvalue weighted by Crippen LogP contribution is -2.01. The lowest BCUT2D eigenvalue weighted by molar-refractivity contribution is -0.131. The Morgan fingerprint density at radius 1 is 1.00 bits per heavy atom. The van der Waals surface area contributed by atoms with Crippen molar-refractivity contribution < 1.29 is 14.3 Å². The number of hydrogen-bond donors (Lipinski definition) is 1. The standard InChI is InChI=1S/C13H8O2.C3H4O2/c14-13-9-5-1-3-7-11(9)15-12-8-4-2-6-10(12)13;1-2-3(4)5/h1-8H;2H,1H2,(H,4,5). The molecule has 0 aliphatic heterocycles. The van der Waals surface area contributed by atoms with Gasteiger partial charge in [0.05, 0.1) is 10.8 Å². The zero-order valence-corrected chi connectivity index (χ0v) is 10.6. The van der Waals surface area contributed by atoms with E-state index in [0.29, 0.717) is 21.9 Å². The number of rotatable bonds is 1. The summed E-state index contributed by atoms with van der Waals surface area (Å²) in [5, 5.41) is 8.87. The molecule has 0 unspecified atom stereocenters. The first kappa shape index (κ1) is 13.5. The fraction of sp³-hybridized carbons (Fsp3) is 0. The van der Waals surface area contributed by atoms with E-state index >= 15 is 0 Å². The molecule has 0 saturated heterocycles. The molecule has 0 atom stereocenters. The average Bonchev–Trinajstić information content (AvgIpc) is 2.48. The van der Waals surface area contributed by atoms with Crippen LogP contribution in [-0.4, -0.2) is 11.1 Å². The van der Waals surface area contributed by atoms with Gasteiger partial charge in [0.25, 0.3) is 0 Å². The maximum absolute atomic E-state index is 12.0. The molecule has 100 valence electrons. The van der Waals surface area contributed by atoms with Crippen LogP contribution < -0.4 is 5.43 Å². The Bertz CT molecular complexity index is 773. The number of benzene rings is 2. The van der Waals surface area contributed by atoms with E-state index in [1.807, 2.05) is 36.4 Å². The van der Waals surface area contributed by atoms with Crippen molar-refractivity contribution in [1.82, 2.24) is 0 Å². The fourth-order valence-electron chi connectivity index (χ4n) is 1.75. The number of hydrogen-bond acceptors (Lipinski definition) is 3. The first-order valence-corrected chi connectivity index (χ1v) is 5.89. The van der Waals surface area contributed by atoms with Crippen LogP contribution in [0.25, 0.3) is 21.9 Å². The van der Waals surface area contributed by atoms with Crippen LogP contribution in [0.4, 0.5) is 0 Å². The van der Waals surface area contributed by atoms with Gasteiger partial charge in [0.1, 0.15) is 11.2 Å². The van der Waals surface area contributed by atoms with E-state index < -0.39 is 5.97 Å². The van der Waals surface area contributed by atoms with Gasteiger partial charge in [0.15, 0.2) is 0 Å². The number of para-hydroxylation sites is 2. The summed E-state index contributed by atoms with van der Waals surface area (Å²) in [6, 6.07) is 14.6. The summed E-state index contributed by atoms with van der Waals surface area (Å²) in [6.07, 6.45) is 0.833. The highest BCUT2D eigenvalue weighted by atomic mass is 16.4. The molecule has 0 bridgehead atoms. The van der Waals surface area contributed by atoms with Gasteiger partial charge in [0, 0.05) is 6.08 Å². The van der Waals surface area contributed by atoms with Gasteiger partial charge < -0.3 is 9.52 Å². The van der Waals surface area contributed by atoms with Crippen molar-refractivity contribution in [2.75, 3.05) is 0 Å². The summed E-state index contributed by atoms with van der Waals surface area (Å²) in [4.78, 5) is 21.3. The predicted molar refractivity (Wildman–Crippen MR) is 77.8 cm³/mol. The topological polar surface area (TPSA) is 67.5 Å². The third kappa shape index (κ3) is 2.75. The van der Waals surface area contributed by atoms with Crippen LogP contribution in [0.5, 0.6) is 0 Å². The lowest BCUT2D eigenvalue weighted by Gasteiger charge is -1.99. The molecule has 0 amide bonds. The third-order valence-corrected chi connectivity index (χ3v) is 2.66. The van der Waals surface area contributed by atoms with E-state index in [1.165, 1.54) is 0 Å². The normalized spacial score (nSPS) is 9.80. The summed E-state index contributed by atoms with van der Waals surface area (Å²) >= 11 is 0. The zero-order valence-electron chi connectivity index (χ0n) is 10.6. The number of aliphatic carboxylic acids is 1. The minimum atomic E-state index is -0.981. The highest BCUT2D eigenvalue weighted by Crippen LogP contribution is 2.17. The second kappa shape index (κ2) is 5.84. The van der Waals surface area contributed by atoms with Gasteiger partial charge in [-0.15, -0.1) is 0 Å². The quantitative estimate of drug-likeness (QED) is 0.543. The Hall–Kier alpha value is -2.88. The summed E-state index contributed by atoms with van der Waals surface area (Å²) in [5.74, 6) is -0.981. The molecule has 3 rings (SSSR count). The molecule has 1 heterocycles. The van der Waals surface area contributed by atoms with Crippen molar-refractivity contribution in [3.63, 3.8) is 0 Å². The molecule has 0 aliphatic rings. The Morgan fingerprint density at radius 3 is 1.80 bits per heavy atom. The molecular formula is C16H12O4. The van der Waals surface area contributed by atoms with Gasteiger partial charge >= 0.3 is 5.97 Å². The van der Waals surface area contributed by atoms with E-state index in [1.54, 1.807) is 12.1 Å². The van der Waals surface area contributed by atoms with E-state index in [0.717, 1.165) is 6.08 Å². The van der Waals surface area contributed by atoms with Crippen molar-refractivity contribution in [1.29, 1.82) is 0 Å². The molecule has 1 aromatic heterocycles. The van der Waals surface area contributed by atoms with Crippen LogP contribution >= 0.6 is 0 Å². The second-order valence-electron chi connectivity index (χ2n) is 3.97. The third-order valence-electron chi connectivity index (χ3n) is 2.66. The number of fused-ring (bicyclic) bond motifs is 2. The average molecular weight is 268 g/mol. The molecule has 4 nitrogen and oxygen atoms in total. The maximum Gasteiger partial charge on any atom is 0.327 e. The number of carboxylic acid groups (broad SMARTS) is 1. The van der Waals surface area contributed by atoms with E-state index in [4.69, 9.17) is 9.52 Å². The summed E-state index contributed by atoms with van der Waals surface area (Å²) in [5.41, 5.74) is 1.31. The van der Waals surface area contributed by atoms with Gasteiger partial charge in [0.2, 0.25) is 5.43 Å². The predicted octanol–water partition coefficient (Wildman–Crippen LogP) is 3.20. The largest absolute Gasteiger partial charge is 0.478 e. The van der Waals surface area contributed by atoms with Crippen molar-refractivity contribution in [3.8, 4) is 0 Å². The van der Waals surface area contributed by atoms with Crippen LogP contribution in [0, 0.1) is 0 Å². The zero-order chi connectivity index (χ0) is 14.5. The van der Waals surface area contributed by atoms with Crippen molar-refractivity contribution in [2.24, 2.45) is 0 Å². The number of carboxylic acids is 1. The molecule has 0 fully saturated rings. The smallest absolute Gasteiger partial charge is 0.327 e. The van der Waals surface area contributed by atoms with Gasteiger partial charge in [-0.25, -0.2) is 4.79 Å². The minimum absolute atomic E-state index is 0.0347. The number of carbonyl (C=O) groups is 1. The van der Waals surface area contributed by atoms with Crippen molar-refractivity contribution >= 4 is 27.9 Å². The van der Waals surface area contributed by atoms with Crippen molar-refractivity contribution in [3.05, 3.63) is 71.4 Å². The van der Waals surface area contributed by atoms with Crippen LogP contribution in [0.3, 0.4) is 0 Å².